The fourth-order valence-electron chi connectivity index (χ4n) is 1.04. The zero-order chi connectivity index (χ0) is 5.98. The van der Waals surface area contributed by atoms with Crippen LogP contribution in [0.1, 0.15) is 25.7 Å². The third-order valence-electron chi connectivity index (χ3n) is 1.60. The summed E-state index contributed by atoms with van der Waals surface area (Å²) in [6, 6.07) is 0. The minimum atomic E-state index is 0.462. The van der Waals surface area contributed by atoms with E-state index in [0.717, 1.165) is 3.92 Å². The van der Waals surface area contributed by atoms with Gasteiger partial charge in [-0.1, -0.05) is 35.4 Å². The molecular formula is C6H10ClI. The first-order valence-electron chi connectivity index (χ1n) is 3.09. The molecule has 0 saturated heterocycles. The van der Waals surface area contributed by atoms with Crippen molar-refractivity contribution in [3.8, 4) is 0 Å². The van der Waals surface area contributed by atoms with Crippen molar-refractivity contribution < 1.29 is 0 Å². The Morgan fingerprint density at radius 3 is 2.25 bits per heavy atom. The Balaban J connectivity index is 2.28. The second-order valence-corrected chi connectivity index (χ2v) is 4.48. The van der Waals surface area contributed by atoms with Crippen molar-refractivity contribution in [2.45, 2.75) is 35.0 Å². The molecule has 1 fully saturated rings. The monoisotopic (exact) mass is 244 g/mol. The standard InChI is InChI=1S/C6H10ClI/c7-5-3-1-2-4-6(5)8/h5-6H,1-4H2/t5-,6+/m0/s1. The Morgan fingerprint density at radius 2 is 1.88 bits per heavy atom. The first kappa shape index (κ1) is 7.13. The summed E-state index contributed by atoms with van der Waals surface area (Å²) >= 11 is 8.41. The number of halogens is 2. The van der Waals surface area contributed by atoms with Gasteiger partial charge in [0.2, 0.25) is 0 Å². The van der Waals surface area contributed by atoms with Crippen LogP contribution in [0.2, 0.25) is 0 Å². The lowest BCUT2D eigenvalue weighted by molar-refractivity contribution is 0.534. The Kier molecular flexibility index (Phi) is 2.90. The first-order valence-corrected chi connectivity index (χ1v) is 4.77. The SMILES string of the molecule is Cl[C@H]1CCCC[C@H]1I. The van der Waals surface area contributed by atoms with Crippen molar-refractivity contribution in [1.82, 2.24) is 0 Å². The van der Waals surface area contributed by atoms with Gasteiger partial charge in [-0.15, -0.1) is 11.6 Å². The molecule has 8 heavy (non-hydrogen) atoms. The van der Waals surface area contributed by atoms with E-state index in [1.807, 2.05) is 0 Å². The van der Waals surface area contributed by atoms with Gasteiger partial charge in [0.25, 0.3) is 0 Å². The summed E-state index contributed by atoms with van der Waals surface area (Å²) in [5, 5.41) is 0.462. The van der Waals surface area contributed by atoms with E-state index < -0.39 is 0 Å². The van der Waals surface area contributed by atoms with Crippen molar-refractivity contribution in [1.29, 1.82) is 0 Å². The van der Waals surface area contributed by atoms with Crippen LogP contribution >= 0.6 is 34.2 Å². The maximum absolute atomic E-state index is 5.96. The number of hydrogen-bond acceptors (Lipinski definition) is 0. The lowest BCUT2D eigenvalue weighted by Gasteiger charge is -2.21. The third-order valence-corrected chi connectivity index (χ3v) is 4.04. The van der Waals surface area contributed by atoms with E-state index in [2.05, 4.69) is 22.6 Å². The molecule has 48 valence electrons. The maximum Gasteiger partial charge on any atom is 0.0453 e. The molecule has 0 radical (unpaired) electrons. The van der Waals surface area contributed by atoms with Gasteiger partial charge in [-0.3, -0.25) is 0 Å². The van der Waals surface area contributed by atoms with Crippen molar-refractivity contribution in [2.75, 3.05) is 0 Å². The molecule has 0 aromatic carbocycles. The largest absolute Gasteiger partial charge is 0.122 e. The van der Waals surface area contributed by atoms with E-state index in [9.17, 15) is 0 Å². The molecule has 0 aromatic rings. The minimum absolute atomic E-state index is 0.462. The van der Waals surface area contributed by atoms with Gasteiger partial charge in [0.1, 0.15) is 0 Å². The summed E-state index contributed by atoms with van der Waals surface area (Å²) in [7, 11) is 0. The molecule has 0 spiro atoms. The smallest absolute Gasteiger partial charge is 0.0453 e. The fourth-order valence-corrected chi connectivity index (χ4v) is 2.12. The van der Waals surface area contributed by atoms with E-state index in [4.69, 9.17) is 11.6 Å². The van der Waals surface area contributed by atoms with Crippen LogP contribution in [0, 0.1) is 0 Å². The lowest BCUT2D eigenvalue weighted by atomic mass is 10.0. The highest BCUT2D eigenvalue weighted by atomic mass is 127. The molecule has 0 nitrogen and oxygen atoms in total. The molecule has 0 N–H and O–H groups in total. The Hall–Kier alpha value is 1.02. The fraction of sp³-hybridized carbons (Fsp3) is 1.00. The topological polar surface area (TPSA) is 0 Å². The van der Waals surface area contributed by atoms with E-state index in [1.54, 1.807) is 0 Å². The molecule has 1 rings (SSSR count). The second-order valence-electron chi connectivity index (χ2n) is 2.32. The highest BCUT2D eigenvalue weighted by Crippen LogP contribution is 2.28. The van der Waals surface area contributed by atoms with Gasteiger partial charge < -0.3 is 0 Å². The Bertz CT molecular complexity index is 64.9. The van der Waals surface area contributed by atoms with Crippen LogP contribution in [0.25, 0.3) is 0 Å². The van der Waals surface area contributed by atoms with Gasteiger partial charge in [0.05, 0.1) is 0 Å². The number of rotatable bonds is 0. The maximum atomic E-state index is 5.96. The highest BCUT2D eigenvalue weighted by Gasteiger charge is 2.19. The Labute approximate surface area is 69.1 Å². The van der Waals surface area contributed by atoms with Crippen LogP contribution in [0.3, 0.4) is 0 Å². The lowest BCUT2D eigenvalue weighted by Crippen LogP contribution is -2.18. The van der Waals surface area contributed by atoms with Crippen LogP contribution in [0.5, 0.6) is 0 Å². The molecule has 1 aliphatic carbocycles. The third kappa shape index (κ3) is 1.76. The highest BCUT2D eigenvalue weighted by molar-refractivity contribution is 14.1. The van der Waals surface area contributed by atoms with Crippen LogP contribution in [-0.2, 0) is 0 Å². The zero-order valence-corrected chi connectivity index (χ0v) is 7.65. The molecule has 1 saturated carbocycles. The molecule has 1 aliphatic rings. The van der Waals surface area contributed by atoms with Crippen LogP contribution < -0.4 is 0 Å². The van der Waals surface area contributed by atoms with Crippen LogP contribution in [0.15, 0.2) is 0 Å². The normalized spacial score (nSPS) is 39.8. The zero-order valence-electron chi connectivity index (χ0n) is 4.74. The van der Waals surface area contributed by atoms with Crippen LogP contribution in [0.4, 0.5) is 0 Å². The number of hydrogen-bond donors (Lipinski definition) is 0. The average molecular weight is 245 g/mol. The molecule has 0 aliphatic heterocycles. The van der Waals surface area contributed by atoms with Crippen LogP contribution in [-0.4, -0.2) is 9.30 Å². The molecule has 0 heterocycles. The molecule has 0 amide bonds. The van der Waals surface area contributed by atoms with Gasteiger partial charge in [-0.25, -0.2) is 0 Å². The van der Waals surface area contributed by atoms with E-state index in [1.165, 1.54) is 25.7 Å². The average Bonchev–Trinajstić information content (AvgIpc) is 1.77. The molecule has 2 heteroatoms. The second kappa shape index (κ2) is 3.25. The summed E-state index contributed by atoms with van der Waals surface area (Å²) in [5.74, 6) is 0. The summed E-state index contributed by atoms with van der Waals surface area (Å²) in [4.78, 5) is 0. The Morgan fingerprint density at radius 1 is 1.25 bits per heavy atom. The molecule has 0 aromatic heterocycles. The quantitative estimate of drug-likeness (QED) is 0.454. The van der Waals surface area contributed by atoms with E-state index >= 15 is 0 Å². The van der Waals surface area contributed by atoms with E-state index in [0.29, 0.717) is 5.38 Å². The van der Waals surface area contributed by atoms with Gasteiger partial charge in [-0.05, 0) is 12.8 Å². The summed E-state index contributed by atoms with van der Waals surface area (Å²) in [5.41, 5.74) is 0. The molecular weight excluding hydrogens is 234 g/mol. The van der Waals surface area contributed by atoms with Gasteiger partial charge in [-0.2, -0.15) is 0 Å². The predicted molar refractivity (Wildman–Crippen MR) is 45.9 cm³/mol. The molecule has 0 bridgehead atoms. The molecule has 0 unspecified atom stereocenters. The summed E-state index contributed by atoms with van der Waals surface area (Å²) in [6.45, 7) is 0. The van der Waals surface area contributed by atoms with Crippen molar-refractivity contribution in [3.63, 3.8) is 0 Å². The van der Waals surface area contributed by atoms with Gasteiger partial charge in [0.15, 0.2) is 0 Å². The first-order chi connectivity index (χ1) is 3.80. The van der Waals surface area contributed by atoms with Gasteiger partial charge in [0, 0.05) is 9.30 Å². The summed E-state index contributed by atoms with van der Waals surface area (Å²) in [6.07, 6.45) is 5.29. The van der Waals surface area contributed by atoms with E-state index in [-0.39, 0.29) is 0 Å². The van der Waals surface area contributed by atoms with Gasteiger partial charge >= 0.3 is 0 Å². The minimum Gasteiger partial charge on any atom is -0.122 e. The van der Waals surface area contributed by atoms with Crippen molar-refractivity contribution in [3.05, 3.63) is 0 Å². The number of alkyl halides is 2. The predicted octanol–water partition coefficient (Wildman–Crippen LogP) is 2.97. The van der Waals surface area contributed by atoms with Crippen molar-refractivity contribution in [2.24, 2.45) is 0 Å². The van der Waals surface area contributed by atoms with Crippen molar-refractivity contribution >= 4 is 34.2 Å². The molecule has 2 atom stereocenters. The summed E-state index contributed by atoms with van der Waals surface area (Å²) < 4.78 is 0.739.